The van der Waals surface area contributed by atoms with Gasteiger partial charge in [-0.1, -0.05) is 52.3 Å². The van der Waals surface area contributed by atoms with Crippen molar-refractivity contribution in [1.82, 2.24) is 14.9 Å². The van der Waals surface area contributed by atoms with Gasteiger partial charge in [-0.3, -0.25) is 19.7 Å². The predicted molar refractivity (Wildman–Crippen MR) is 152 cm³/mol. The number of methoxy groups -OCH3 is 1. The molecule has 1 unspecified atom stereocenters. The first-order valence-corrected chi connectivity index (χ1v) is 14.1. The lowest BCUT2D eigenvalue weighted by Crippen LogP contribution is -2.58. The number of amides is 2. The van der Waals surface area contributed by atoms with Crippen LogP contribution in [0.5, 0.6) is 0 Å². The van der Waals surface area contributed by atoms with E-state index in [1.54, 1.807) is 4.57 Å². The molecule has 2 amide bonds. The molecule has 41 heavy (non-hydrogen) atoms. The maximum absolute atomic E-state index is 13.3. The van der Waals surface area contributed by atoms with Gasteiger partial charge in [-0.15, -0.1) is 0 Å². The lowest BCUT2D eigenvalue weighted by atomic mass is 9.96. The number of aliphatic hydroxyl groups excluding tert-OH is 2. The Labute approximate surface area is 240 Å². The molecule has 0 radical (unpaired) electrons. The zero-order valence-corrected chi connectivity index (χ0v) is 23.2. The molecule has 1 fully saturated rings. The fourth-order valence-electron chi connectivity index (χ4n) is 6.41. The molecule has 11 nitrogen and oxygen atoms in total. The molecule has 2 aliphatic rings. The molecule has 2 aliphatic heterocycles. The number of aromatic nitrogens is 2. The summed E-state index contributed by atoms with van der Waals surface area (Å²) >= 11 is 3.09. The summed E-state index contributed by atoms with van der Waals surface area (Å²) in [6, 6.07) is 14.7. The number of nitrogens with zero attached hydrogens (tertiary/aromatic N) is 1. The Morgan fingerprint density at radius 3 is 2.41 bits per heavy atom. The van der Waals surface area contributed by atoms with Crippen molar-refractivity contribution >= 4 is 77.3 Å². The van der Waals surface area contributed by atoms with Crippen LogP contribution in [0.25, 0.3) is 43.6 Å². The van der Waals surface area contributed by atoms with Gasteiger partial charge in [0.1, 0.15) is 23.6 Å². The number of benzene rings is 3. The third-order valence-corrected chi connectivity index (χ3v) is 8.46. The molecular weight excluding hydrogens is 598 g/mol. The number of halogens is 1. The van der Waals surface area contributed by atoms with Crippen LogP contribution in [0.4, 0.5) is 0 Å². The van der Waals surface area contributed by atoms with Gasteiger partial charge >= 0.3 is 5.97 Å². The number of para-hydroxylation sites is 2. The molecule has 3 aromatic carbocycles. The second kappa shape index (κ2) is 9.64. The molecule has 4 N–H and O–H groups in total. The number of rotatable bonds is 5. The Balaban J connectivity index is 1.60. The summed E-state index contributed by atoms with van der Waals surface area (Å²) in [4.78, 5) is 42.3. The van der Waals surface area contributed by atoms with Crippen molar-refractivity contribution in [3.05, 3.63) is 59.7 Å². The number of aromatic amines is 1. The maximum atomic E-state index is 13.3. The summed E-state index contributed by atoms with van der Waals surface area (Å²) in [6.07, 6.45) is -5.72. The summed E-state index contributed by atoms with van der Waals surface area (Å²) in [5.41, 5.74) is 2.95. The van der Waals surface area contributed by atoms with Crippen LogP contribution >= 0.6 is 15.9 Å². The average Bonchev–Trinajstić information content (AvgIpc) is 3.62. The molecule has 0 bridgehead atoms. The number of alkyl halides is 1. The number of aliphatic hydroxyl groups is 2. The number of carbonyl (C=O) groups is 3. The zero-order chi connectivity index (χ0) is 28.6. The first kappa shape index (κ1) is 26.1. The molecular formula is C29H24BrN3O8. The second-order valence-electron chi connectivity index (χ2n) is 10.1. The number of ether oxygens (including phenoxy) is 3. The monoisotopic (exact) mass is 621 g/mol. The van der Waals surface area contributed by atoms with Crippen LogP contribution in [-0.2, 0) is 19.0 Å². The molecule has 0 saturated carbocycles. The Morgan fingerprint density at radius 1 is 1.02 bits per heavy atom. The van der Waals surface area contributed by atoms with E-state index >= 15 is 0 Å². The topological polar surface area (TPSA) is 152 Å². The normalized spacial score (nSPS) is 24.4. The molecule has 7 rings (SSSR count). The van der Waals surface area contributed by atoms with Gasteiger partial charge in [-0.2, -0.15) is 0 Å². The SMILES string of the molecule is CO[C@H]1[C@H](OC(=O)CBr)[C@@H](O)C(n2c3ccccc3c3c4c(c5c6ccccc6[nH]c5c32)C(=O)NC4=O)O[C@@H]1CO. The van der Waals surface area contributed by atoms with Gasteiger partial charge in [0.15, 0.2) is 12.3 Å². The molecule has 1 saturated heterocycles. The minimum Gasteiger partial charge on any atom is -0.456 e. The number of nitrogens with one attached hydrogen (secondary N) is 2. The van der Waals surface area contributed by atoms with Gasteiger partial charge in [0.2, 0.25) is 0 Å². The lowest BCUT2D eigenvalue weighted by molar-refractivity contribution is -0.260. The molecule has 5 aromatic rings. The van der Waals surface area contributed by atoms with Gasteiger partial charge in [-0.05, 0) is 12.1 Å². The van der Waals surface area contributed by atoms with Crippen molar-refractivity contribution in [2.24, 2.45) is 0 Å². The molecule has 5 atom stereocenters. The number of carbonyl (C=O) groups excluding carboxylic acids is 3. The average molecular weight is 622 g/mol. The van der Waals surface area contributed by atoms with Gasteiger partial charge in [-0.25, -0.2) is 0 Å². The highest BCUT2D eigenvalue weighted by Crippen LogP contribution is 2.46. The number of hydrogen-bond acceptors (Lipinski definition) is 8. The van der Waals surface area contributed by atoms with E-state index in [2.05, 4.69) is 26.2 Å². The standard InChI is InChI=1S/C29H24BrN3O8/c1-39-25-16(11-34)40-29(24(36)26(25)41-17(35)10-30)33-15-9-5-3-7-13(15)19-21-20(27(37)32-28(21)38)18-12-6-2-4-8-14(12)31-22(18)23(19)33/h2-9,16,24-26,29,31,34,36H,10-11H2,1H3,(H,32,37,38)/t16-,24-,25-,26-,29?/m1/s1. The maximum Gasteiger partial charge on any atom is 0.317 e. The highest BCUT2D eigenvalue weighted by atomic mass is 79.9. The van der Waals surface area contributed by atoms with Crippen molar-refractivity contribution < 1.29 is 38.8 Å². The molecule has 12 heteroatoms. The van der Waals surface area contributed by atoms with E-state index in [0.29, 0.717) is 32.7 Å². The number of fused-ring (bicyclic) bond motifs is 10. The Kier molecular flexibility index (Phi) is 6.14. The van der Waals surface area contributed by atoms with Crippen LogP contribution in [0.1, 0.15) is 26.9 Å². The molecule has 2 aromatic heterocycles. The van der Waals surface area contributed by atoms with E-state index in [1.165, 1.54) is 7.11 Å². The van der Waals surface area contributed by atoms with E-state index in [1.807, 2.05) is 48.5 Å². The fourth-order valence-corrected chi connectivity index (χ4v) is 6.54. The van der Waals surface area contributed by atoms with E-state index in [9.17, 15) is 24.6 Å². The highest BCUT2D eigenvalue weighted by Gasteiger charge is 2.49. The van der Waals surface area contributed by atoms with Gasteiger partial charge < -0.3 is 34.0 Å². The van der Waals surface area contributed by atoms with E-state index < -0.39 is 55.0 Å². The van der Waals surface area contributed by atoms with Crippen LogP contribution in [0, 0.1) is 0 Å². The number of imide groups is 1. The van der Waals surface area contributed by atoms with Crippen molar-refractivity contribution in [2.75, 3.05) is 19.0 Å². The number of H-pyrrole nitrogens is 1. The van der Waals surface area contributed by atoms with Gasteiger partial charge in [0.05, 0.1) is 34.3 Å². The Bertz CT molecular complexity index is 1910. The van der Waals surface area contributed by atoms with Crippen LogP contribution in [-0.4, -0.2) is 81.0 Å². The van der Waals surface area contributed by atoms with E-state index in [-0.39, 0.29) is 16.5 Å². The smallest absolute Gasteiger partial charge is 0.317 e. The largest absolute Gasteiger partial charge is 0.456 e. The quantitative estimate of drug-likeness (QED) is 0.133. The Morgan fingerprint density at radius 2 is 1.71 bits per heavy atom. The minimum absolute atomic E-state index is 0.109. The van der Waals surface area contributed by atoms with Crippen LogP contribution in [0.15, 0.2) is 48.5 Å². The summed E-state index contributed by atoms with van der Waals surface area (Å²) in [5, 5.41) is 26.8. The van der Waals surface area contributed by atoms with Crippen molar-refractivity contribution in [3.63, 3.8) is 0 Å². The minimum atomic E-state index is -1.44. The van der Waals surface area contributed by atoms with E-state index in [0.717, 1.165) is 10.9 Å². The van der Waals surface area contributed by atoms with Gasteiger partial charge in [0, 0.05) is 34.2 Å². The lowest BCUT2D eigenvalue weighted by Gasteiger charge is -2.43. The summed E-state index contributed by atoms with van der Waals surface area (Å²) in [7, 11) is 1.38. The third kappa shape index (κ3) is 3.61. The molecule has 0 spiro atoms. The van der Waals surface area contributed by atoms with Crippen LogP contribution in [0.2, 0.25) is 0 Å². The molecule has 0 aliphatic carbocycles. The van der Waals surface area contributed by atoms with Gasteiger partial charge in [0.25, 0.3) is 11.8 Å². The second-order valence-corrected chi connectivity index (χ2v) is 10.7. The fraction of sp³-hybridized carbons (Fsp3) is 0.276. The first-order valence-electron chi connectivity index (χ1n) is 13.0. The summed E-state index contributed by atoms with van der Waals surface area (Å²) in [6.45, 7) is -0.477. The first-order chi connectivity index (χ1) is 19.9. The third-order valence-electron chi connectivity index (χ3n) is 8.00. The predicted octanol–water partition coefficient (Wildman–Crippen LogP) is 2.88. The van der Waals surface area contributed by atoms with Crippen molar-refractivity contribution in [2.45, 2.75) is 30.6 Å². The van der Waals surface area contributed by atoms with Crippen molar-refractivity contribution in [3.8, 4) is 0 Å². The number of esters is 1. The highest BCUT2D eigenvalue weighted by molar-refractivity contribution is 9.09. The van der Waals surface area contributed by atoms with E-state index in [4.69, 9.17) is 14.2 Å². The summed E-state index contributed by atoms with van der Waals surface area (Å²) < 4.78 is 19.2. The number of hydrogen-bond donors (Lipinski definition) is 4. The Hall–Kier alpha value is -3.81. The van der Waals surface area contributed by atoms with Crippen molar-refractivity contribution in [1.29, 1.82) is 0 Å². The summed E-state index contributed by atoms with van der Waals surface area (Å²) in [5.74, 6) is -1.63. The van der Waals surface area contributed by atoms with Crippen LogP contribution < -0.4 is 5.32 Å². The molecule has 210 valence electrons. The zero-order valence-electron chi connectivity index (χ0n) is 21.6. The van der Waals surface area contributed by atoms with Crippen LogP contribution in [0.3, 0.4) is 0 Å². The molecule has 4 heterocycles.